The van der Waals surface area contributed by atoms with Gasteiger partial charge in [-0.2, -0.15) is 0 Å². The summed E-state index contributed by atoms with van der Waals surface area (Å²) in [7, 11) is 0. The normalized spacial score (nSPS) is 14.4. The van der Waals surface area contributed by atoms with Gasteiger partial charge >= 0.3 is 0 Å². The summed E-state index contributed by atoms with van der Waals surface area (Å²) in [6.07, 6.45) is 0.0570. The fraction of sp³-hybridized carbons (Fsp3) is 0.300. The van der Waals surface area contributed by atoms with Crippen LogP contribution in [0.25, 0.3) is 0 Å². The molecule has 0 fully saturated rings. The lowest BCUT2D eigenvalue weighted by Crippen LogP contribution is -2.26. The summed E-state index contributed by atoms with van der Waals surface area (Å²) in [5.74, 6) is -0.315. The lowest BCUT2D eigenvalue weighted by Gasteiger charge is -2.19. The van der Waals surface area contributed by atoms with Crippen LogP contribution in [0, 0.1) is 0 Å². The molecule has 0 saturated heterocycles. The first-order chi connectivity index (χ1) is 7.63. The molecule has 0 aliphatic carbocycles. The van der Waals surface area contributed by atoms with Crippen molar-refractivity contribution in [1.82, 2.24) is 4.72 Å². The van der Waals surface area contributed by atoms with Crippen LogP contribution >= 0.6 is 11.6 Å². The molecule has 0 spiro atoms. The zero-order valence-corrected chi connectivity index (χ0v) is 9.96. The molecule has 16 heavy (non-hydrogen) atoms. The third-order valence-corrected chi connectivity index (χ3v) is 2.80. The molecule has 2 atom stereocenters. The minimum atomic E-state index is -2.41. The molecule has 0 aromatic heterocycles. The summed E-state index contributed by atoms with van der Waals surface area (Å²) in [4.78, 5) is 11.2. The number of hydrogen-bond acceptors (Lipinski definition) is 3. The van der Waals surface area contributed by atoms with Gasteiger partial charge in [0.25, 0.3) is 0 Å². The first-order valence-corrected chi connectivity index (χ1v) is 6.22. The number of benzene rings is 1. The number of alkyl halides is 1. The SMILES string of the molecule is O=C(CCl)CC(NS(=O)[O-])c1ccccc1. The van der Waals surface area contributed by atoms with Crippen molar-refractivity contribution < 1.29 is 13.6 Å². The topological polar surface area (TPSA) is 69.2 Å². The van der Waals surface area contributed by atoms with E-state index in [1.165, 1.54) is 0 Å². The second kappa shape index (κ2) is 6.75. The summed E-state index contributed by atoms with van der Waals surface area (Å²) < 4.78 is 23.5. The van der Waals surface area contributed by atoms with Gasteiger partial charge in [0, 0.05) is 17.7 Å². The Balaban J connectivity index is 2.79. The number of Topliss-reactive ketones (excluding diaryl/α,β-unsaturated/α-hetero) is 1. The van der Waals surface area contributed by atoms with Gasteiger partial charge in [0.2, 0.25) is 0 Å². The van der Waals surface area contributed by atoms with Crippen molar-refractivity contribution in [1.29, 1.82) is 0 Å². The molecule has 0 aliphatic heterocycles. The zero-order valence-electron chi connectivity index (χ0n) is 8.39. The molecule has 0 aliphatic rings. The maximum Gasteiger partial charge on any atom is 0.149 e. The quantitative estimate of drug-likeness (QED) is 0.619. The van der Waals surface area contributed by atoms with Gasteiger partial charge in [-0.15, -0.1) is 11.6 Å². The van der Waals surface area contributed by atoms with Crippen molar-refractivity contribution in [3.8, 4) is 0 Å². The summed E-state index contributed by atoms with van der Waals surface area (Å²) in [6, 6.07) is 8.34. The standard InChI is InChI=1S/C10H12ClNO3S/c11-7-9(13)6-10(12-16(14)15)8-4-2-1-3-5-8/h1-5,10,12H,6-7H2,(H,14,15)/p-1. The van der Waals surface area contributed by atoms with E-state index in [0.717, 1.165) is 5.56 Å². The summed E-state index contributed by atoms with van der Waals surface area (Å²) >= 11 is 2.98. The Bertz CT molecular complexity index is 372. The number of rotatable bonds is 6. The average molecular weight is 261 g/mol. The van der Waals surface area contributed by atoms with Gasteiger partial charge in [-0.3, -0.25) is 9.00 Å². The van der Waals surface area contributed by atoms with E-state index in [4.69, 9.17) is 11.6 Å². The van der Waals surface area contributed by atoms with E-state index >= 15 is 0 Å². The molecule has 6 heteroatoms. The molecule has 1 aromatic rings. The molecule has 1 N–H and O–H groups in total. The minimum absolute atomic E-state index is 0.0570. The maximum atomic E-state index is 11.2. The Labute approximate surface area is 101 Å². The summed E-state index contributed by atoms with van der Waals surface area (Å²) in [5.41, 5.74) is 0.741. The van der Waals surface area contributed by atoms with Gasteiger partial charge in [-0.25, -0.2) is 4.72 Å². The predicted molar refractivity (Wildman–Crippen MR) is 61.6 cm³/mol. The molecular formula is C10H11ClNO3S-. The Kier molecular flexibility index (Phi) is 5.62. The van der Waals surface area contributed by atoms with Gasteiger partial charge in [0.15, 0.2) is 0 Å². The van der Waals surface area contributed by atoms with Crippen LogP contribution in [0.2, 0.25) is 0 Å². The van der Waals surface area contributed by atoms with E-state index in [-0.39, 0.29) is 18.1 Å². The van der Waals surface area contributed by atoms with Crippen LogP contribution in [0.1, 0.15) is 18.0 Å². The first kappa shape index (κ1) is 13.3. The monoisotopic (exact) mass is 260 g/mol. The van der Waals surface area contributed by atoms with Crippen LogP contribution < -0.4 is 4.72 Å². The van der Waals surface area contributed by atoms with Gasteiger partial charge in [0.05, 0.1) is 11.9 Å². The van der Waals surface area contributed by atoms with Crippen molar-refractivity contribution in [2.24, 2.45) is 0 Å². The smallest absolute Gasteiger partial charge is 0.149 e. The molecule has 4 nitrogen and oxygen atoms in total. The summed E-state index contributed by atoms with van der Waals surface area (Å²) in [6.45, 7) is 0. The molecule has 0 saturated carbocycles. The largest absolute Gasteiger partial charge is 0.760 e. The molecular weight excluding hydrogens is 250 g/mol. The average Bonchev–Trinajstić information content (AvgIpc) is 2.28. The molecule has 1 rings (SSSR count). The number of carbonyl (C=O) groups is 1. The van der Waals surface area contributed by atoms with Crippen molar-refractivity contribution in [3.05, 3.63) is 35.9 Å². The van der Waals surface area contributed by atoms with E-state index in [2.05, 4.69) is 4.72 Å². The summed E-state index contributed by atoms with van der Waals surface area (Å²) in [5, 5.41) is 0. The highest BCUT2D eigenvalue weighted by molar-refractivity contribution is 7.77. The Morgan fingerprint density at radius 3 is 2.56 bits per heavy atom. The molecule has 0 heterocycles. The van der Waals surface area contributed by atoms with Crippen LogP contribution in [0.15, 0.2) is 30.3 Å². The molecule has 88 valence electrons. The lowest BCUT2D eigenvalue weighted by molar-refractivity contribution is -0.117. The number of ketones is 1. The van der Waals surface area contributed by atoms with Gasteiger partial charge < -0.3 is 4.55 Å². The lowest BCUT2D eigenvalue weighted by atomic mass is 10.0. The highest BCUT2D eigenvalue weighted by atomic mass is 35.5. The highest BCUT2D eigenvalue weighted by Gasteiger charge is 2.14. The van der Waals surface area contributed by atoms with Gasteiger partial charge in [0.1, 0.15) is 5.78 Å². The van der Waals surface area contributed by atoms with E-state index in [9.17, 15) is 13.6 Å². The first-order valence-electron chi connectivity index (χ1n) is 4.61. The number of hydrogen-bond donors (Lipinski definition) is 1. The predicted octanol–water partition coefficient (Wildman–Crippen LogP) is 1.31. The van der Waals surface area contributed by atoms with E-state index in [1.54, 1.807) is 24.3 Å². The van der Waals surface area contributed by atoms with E-state index < -0.39 is 17.3 Å². The third kappa shape index (κ3) is 4.40. The van der Waals surface area contributed by atoms with Crippen LogP contribution in [0.5, 0.6) is 0 Å². The highest BCUT2D eigenvalue weighted by Crippen LogP contribution is 2.17. The van der Waals surface area contributed by atoms with Crippen molar-refractivity contribution >= 4 is 28.7 Å². The van der Waals surface area contributed by atoms with Gasteiger partial charge in [-0.05, 0) is 5.56 Å². The van der Waals surface area contributed by atoms with Crippen LogP contribution in [-0.2, 0) is 16.1 Å². The zero-order chi connectivity index (χ0) is 12.0. The fourth-order valence-electron chi connectivity index (χ4n) is 1.31. The molecule has 0 radical (unpaired) electrons. The number of nitrogens with one attached hydrogen (secondary N) is 1. The fourth-order valence-corrected chi connectivity index (χ4v) is 1.87. The Morgan fingerprint density at radius 1 is 1.44 bits per heavy atom. The molecule has 2 unspecified atom stereocenters. The van der Waals surface area contributed by atoms with Crippen LogP contribution in [0.3, 0.4) is 0 Å². The molecule has 1 aromatic carbocycles. The van der Waals surface area contributed by atoms with Crippen molar-refractivity contribution in [3.63, 3.8) is 0 Å². The molecule has 0 bridgehead atoms. The number of halogens is 1. The second-order valence-corrected chi connectivity index (χ2v) is 4.16. The van der Waals surface area contributed by atoms with E-state index in [1.807, 2.05) is 6.07 Å². The minimum Gasteiger partial charge on any atom is -0.760 e. The molecule has 0 amide bonds. The Hall–Kier alpha value is -0.750. The van der Waals surface area contributed by atoms with Crippen LogP contribution in [0.4, 0.5) is 0 Å². The van der Waals surface area contributed by atoms with Crippen LogP contribution in [-0.4, -0.2) is 20.4 Å². The van der Waals surface area contributed by atoms with Crippen molar-refractivity contribution in [2.75, 3.05) is 5.88 Å². The third-order valence-electron chi connectivity index (χ3n) is 2.02. The maximum absolute atomic E-state index is 11.2. The van der Waals surface area contributed by atoms with Crippen molar-refractivity contribution in [2.45, 2.75) is 12.5 Å². The number of carbonyl (C=O) groups excluding carboxylic acids is 1. The second-order valence-electron chi connectivity index (χ2n) is 3.19. The Morgan fingerprint density at radius 2 is 2.06 bits per heavy atom. The van der Waals surface area contributed by atoms with E-state index in [0.29, 0.717) is 0 Å². The van der Waals surface area contributed by atoms with Gasteiger partial charge in [-0.1, -0.05) is 30.3 Å².